The van der Waals surface area contributed by atoms with E-state index >= 15 is 0 Å². The van der Waals surface area contributed by atoms with Gasteiger partial charge in [-0.25, -0.2) is 14.4 Å². The summed E-state index contributed by atoms with van der Waals surface area (Å²) in [7, 11) is 0. The fourth-order valence-electron chi connectivity index (χ4n) is 1.99. The van der Waals surface area contributed by atoms with Crippen LogP contribution in [0.15, 0.2) is 41.9 Å². The standard InChI is InChI=1S/C16H12FN3O2S/c1-9-20-14(8-23-9)10-2-4-12(5-3-10)22-16-13(15(18)21)6-11(17)7-19-16/h2-8H,1H3,(H2,18,21). The first kappa shape index (κ1) is 15.1. The van der Waals surface area contributed by atoms with Gasteiger partial charge in [0.05, 0.1) is 16.9 Å². The summed E-state index contributed by atoms with van der Waals surface area (Å²) in [6.07, 6.45) is 0.966. The molecule has 7 heteroatoms. The highest BCUT2D eigenvalue weighted by Crippen LogP contribution is 2.27. The molecular weight excluding hydrogens is 317 g/mol. The van der Waals surface area contributed by atoms with Crippen molar-refractivity contribution in [3.05, 3.63) is 58.3 Å². The molecule has 0 unspecified atom stereocenters. The quantitative estimate of drug-likeness (QED) is 0.794. The van der Waals surface area contributed by atoms with Crippen molar-refractivity contribution in [1.82, 2.24) is 9.97 Å². The zero-order chi connectivity index (χ0) is 16.4. The van der Waals surface area contributed by atoms with Gasteiger partial charge in [-0.15, -0.1) is 11.3 Å². The van der Waals surface area contributed by atoms with Crippen LogP contribution in [0.4, 0.5) is 4.39 Å². The van der Waals surface area contributed by atoms with Crippen LogP contribution in [0.2, 0.25) is 0 Å². The highest BCUT2D eigenvalue weighted by atomic mass is 32.1. The number of pyridine rings is 1. The summed E-state index contributed by atoms with van der Waals surface area (Å²) in [5.74, 6) is -1.03. The van der Waals surface area contributed by atoms with Crippen molar-refractivity contribution >= 4 is 17.2 Å². The number of primary amides is 1. The number of aryl methyl sites for hydroxylation is 1. The summed E-state index contributed by atoms with van der Waals surface area (Å²) < 4.78 is 18.7. The molecule has 0 spiro atoms. The van der Waals surface area contributed by atoms with E-state index in [-0.39, 0.29) is 11.4 Å². The number of nitrogens with zero attached hydrogens (tertiary/aromatic N) is 2. The molecule has 0 saturated heterocycles. The molecule has 5 nitrogen and oxygen atoms in total. The molecule has 0 bridgehead atoms. The maximum Gasteiger partial charge on any atom is 0.254 e. The number of amides is 1. The molecule has 3 aromatic rings. The van der Waals surface area contributed by atoms with E-state index in [1.807, 2.05) is 24.4 Å². The number of hydrogen-bond donors (Lipinski definition) is 1. The number of ether oxygens (including phenoxy) is 1. The molecule has 2 N–H and O–H groups in total. The Morgan fingerprint density at radius 1 is 1.30 bits per heavy atom. The average molecular weight is 329 g/mol. The van der Waals surface area contributed by atoms with Gasteiger partial charge >= 0.3 is 0 Å². The van der Waals surface area contributed by atoms with Crippen molar-refractivity contribution in [2.75, 3.05) is 0 Å². The Morgan fingerprint density at radius 3 is 2.65 bits per heavy atom. The highest BCUT2D eigenvalue weighted by molar-refractivity contribution is 7.09. The van der Waals surface area contributed by atoms with Gasteiger partial charge in [0.2, 0.25) is 5.88 Å². The fourth-order valence-corrected chi connectivity index (χ4v) is 2.61. The monoisotopic (exact) mass is 329 g/mol. The van der Waals surface area contributed by atoms with Crippen LogP contribution >= 0.6 is 11.3 Å². The van der Waals surface area contributed by atoms with Crippen LogP contribution in [0, 0.1) is 12.7 Å². The lowest BCUT2D eigenvalue weighted by Gasteiger charge is -2.08. The van der Waals surface area contributed by atoms with Crippen LogP contribution in [0.25, 0.3) is 11.3 Å². The minimum Gasteiger partial charge on any atom is -0.438 e. The second-order valence-electron chi connectivity index (χ2n) is 4.75. The summed E-state index contributed by atoms with van der Waals surface area (Å²) >= 11 is 1.57. The van der Waals surface area contributed by atoms with Crippen molar-refractivity contribution < 1.29 is 13.9 Å². The number of hydrogen-bond acceptors (Lipinski definition) is 5. The number of carbonyl (C=O) groups excluding carboxylic acids is 1. The minimum absolute atomic E-state index is 0.0313. The molecule has 2 heterocycles. The molecule has 1 aromatic carbocycles. The third-order valence-electron chi connectivity index (χ3n) is 3.07. The topological polar surface area (TPSA) is 78.1 Å². The molecule has 2 aromatic heterocycles. The summed E-state index contributed by atoms with van der Waals surface area (Å²) in [5, 5.41) is 2.96. The maximum absolute atomic E-state index is 13.2. The largest absolute Gasteiger partial charge is 0.438 e. The third-order valence-corrected chi connectivity index (χ3v) is 3.84. The average Bonchev–Trinajstić information content (AvgIpc) is 2.96. The molecule has 1 amide bonds. The van der Waals surface area contributed by atoms with E-state index in [4.69, 9.17) is 10.5 Å². The first-order chi connectivity index (χ1) is 11.0. The van der Waals surface area contributed by atoms with Crippen LogP contribution in [0.3, 0.4) is 0 Å². The Balaban J connectivity index is 1.85. The molecule has 3 rings (SSSR count). The van der Waals surface area contributed by atoms with Gasteiger partial charge in [-0.05, 0) is 37.3 Å². The Morgan fingerprint density at radius 2 is 2.04 bits per heavy atom. The van der Waals surface area contributed by atoms with Crippen LogP contribution in [-0.2, 0) is 0 Å². The van der Waals surface area contributed by atoms with Crippen molar-refractivity contribution in [1.29, 1.82) is 0 Å². The van der Waals surface area contributed by atoms with E-state index in [0.29, 0.717) is 5.75 Å². The van der Waals surface area contributed by atoms with Crippen molar-refractivity contribution in [2.45, 2.75) is 6.92 Å². The second-order valence-corrected chi connectivity index (χ2v) is 5.81. The Hall–Kier alpha value is -2.80. The Bertz CT molecular complexity index is 862. The first-order valence-electron chi connectivity index (χ1n) is 6.68. The fraction of sp³-hybridized carbons (Fsp3) is 0.0625. The van der Waals surface area contributed by atoms with Gasteiger partial charge in [-0.1, -0.05) is 0 Å². The number of aromatic nitrogens is 2. The number of thiazole rings is 1. The van der Waals surface area contributed by atoms with Crippen molar-refractivity contribution in [3.63, 3.8) is 0 Å². The van der Waals surface area contributed by atoms with Crippen LogP contribution < -0.4 is 10.5 Å². The van der Waals surface area contributed by atoms with Gasteiger partial charge < -0.3 is 10.5 Å². The van der Waals surface area contributed by atoms with Gasteiger partial charge in [0, 0.05) is 10.9 Å². The molecule has 0 atom stereocenters. The van der Waals surface area contributed by atoms with Gasteiger partial charge in [0.15, 0.2) is 0 Å². The van der Waals surface area contributed by atoms with Gasteiger partial charge in [-0.2, -0.15) is 0 Å². The predicted octanol–water partition coefficient (Wildman–Crippen LogP) is 3.54. The maximum atomic E-state index is 13.2. The first-order valence-corrected chi connectivity index (χ1v) is 7.56. The zero-order valence-corrected chi connectivity index (χ0v) is 12.9. The number of carbonyl (C=O) groups is 1. The SMILES string of the molecule is Cc1nc(-c2ccc(Oc3ncc(F)cc3C(N)=O)cc2)cs1. The minimum atomic E-state index is -0.804. The summed E-state index contributed by atoms with van der Waals surface area (Å²) in [4.78, 5) is 19.5. The third kappa shape index (κ3) is 3.35. The summed E-state index contributed by atoms with van der Waals surface area (Å²) in [5.41, 5.74) is 6.93. The smallest absolute Gasteiger partial charge is 0.254 e. The molecule has 0 aliphatic carbocycles. The molecule has 0 radical (unpaired) electrons. The van der Waals surface area contributed by atoms with E-state index in [1.54, 1.807) is 23.5 Å². The Kier molecular flexibility index (Phi) is 4.03. The molecule has 116 valence electrons. The van der Waals surface area contributed by atoms with Crippen LogP contribution in [0.5, 0.6) is 11.6 Å². The zero-order valence-electron chi connectivity index (χ0n) is 12.1. The molecular formula is C16H12FN3O2S. The summed E-state index contributed by atoms with van der Waals surface area (Å²) in [6, 6.07) is 8.13. The number of nitrogens with two attached hydrogens (primary N) is 1. The number of rotatable bonds is 4. The lowest BCUT2D eigenvalue weighted by atomic mass is 10.2. The molecule has 0 aliphatic heterocycles. The van der Waals surface area contributed by atoms with Gasteiger partial charge in [-0.3, -0.25) is 4.79 Å². The lowest BCUT2D eigenvalue weighted by Crippen LogP contribution is -2.13. The van der Waals surface area contributed by atoms with Crippen molar-refractivity contribution in [3.8, 4) is 22.9 Å². The van der Waals surface area contributed by atoms with Gasteiger partial charge in [0.1, 0.15) is 17.1 Å². The molecule has 0 aliphatic rings. The van der Waals surface area contributed by atoms with E-state index in [1.165, 1.54) is 0 Å². The second kappa shape index (κ2) is 6.13. The van der Waals surface area contributed by atoms with Gasteiger partial charge in [0.25, 0.3) is 5.91 Å². The Labute approximate surface area is 135 Å². The van der Waals surface area contributed by atoms with E-state index in [2.05, 4.69) is 9.97 Å². The highest BCUT2D eigenvalue weighted by Gasteiger charge is 2.13. The molecule has 0 saturated carbocycles. The van der Waals surface area contributed by atoms with E-state index < -0.39 is 11.7 Å². The number of benzene rings is 1. The van der Waals surface area contributed by atoms with Crippen LogP contribution in [0.1, 0.15) is 15.4 Å². The number of halogens is 1. The molecule has 23 heavy (non-hydrogen) atoms. The normalized spacial score (nSPS) is 10.5. The van der Waals surface area contributed by atoms with E-state index in [9.17, 15) is 9.18 Å². The van der Waals surface area contributed by atoms with E-state index in [0.717, 1.165) is 28.5 Å². The van der Waals surface area contributed by atoms with Crippen molar-refractivity contribution in [2.24, 2.45) is 5.73 Å². The summed E-state index contributed by atoms with van der Waals surface area (Å²) in [6.45, 7) is 1.94. The van der Waals surface area contributed by atoms with Crippen LogP contribution in [-0.4, -0.2) is 15.9 Å². The lowest BCUT2D eigenvalue weighted by molar-refractivity contribution is 0.0997. The molecule has 0 fully saturated rings. The predicted molar refractivity (Wildman–Crippen MR) is 85.1 cm³/mol.